The first-order chi connectivity index (χ1) is 21.9. The predicted octanol–water partition coefficient (Wildman–Crippen LogP) is 0.741. The highest BCUT2D eigenvalue weighted by Crippen LogP contribution is 2.29. The molecule has 0 saturated carbocycles. The van der Waals surface area contributed by atoms with Crippen LogP contribution in [0.3, 0.4) is 0 Å². The summed E-state index contributed by atoms with van der Waals surface area (Å²) in [5, 5.41) is 31.5. The number of carbonyl (C=O) groups excluding carboxylic acids is 1. The zero-order valence-electron chi connectivity index (χ0n) is 24.5. The first-order valence-electron chi connectivity index (χ1n) is 14.8. The van der Waals surface area contributed by atoms with Crippen LogP contribution in [-0.4, -0.2) is 129 Å². The zero-order valence-corrected chi connectivity index (χ0v) is 24.5. The molecule has 0 spiro atoms. The lowest BCUT2D eigenvalue weighted by atomic mass is 10.0. The van der Waals surface area contributed by atoms with Crippen LogP contribution >= 0.6 is 0 Å². The van der Waals surface area contributed by atoms with E-state index in [1.807, 2.05) is 12.1 Å². The third-order valence-corrected chi connectivity index (χ3v) is 8.24. The van der Waals surface area contributed by atoms with E-state index in [1.165, 1.54) is 6.33 Å². The fourth-order valence-corrected chi connectivity index (χ4v) is 5.55. The summed E-state index contributed by atoms with van der Waals surface area (Å²) in [7, 11) is 0. The molecule has 3 atom stereocenters. The van der Waals surface area contributed by atoms with Gasteiger partial charge in [-0.1, -0.05) is 0 Å². The van der Waals surface area contributed by atoms with E-state index in [0.29, 0.717) is 29.1 Å². The number of carbonyl (C=O) groups is 1. The van der Waals surface area contributed by atoms with Crippen LogP contribution < -0.4 is 15.0 Å². The second-order valence-corrected chi connectivity index (χ2v) is 11.1. The van der Waals surface area contributed by atoms with Gasteiger partial charge in [-0.3, -0.25) is 9.69 Å². The molecule has 0 aliphatic carbocycles. The number of amides is 1. The van der Waals surface area contributed by atoms with E-state index in [9.17, 15) is 19.6 Å². The second kappa shape index (κ2) is 13.7. The number of piperidine rings is 1. The van der Waals surface area contributed by atoms with E-state index in [2.05, 4.69) is 41.1 Å². The van der Waals surface area contributed by atoms with Crippen LogP contribution in [0.5, 0.6) is 5.75 Å². The molecule has 3 N–H and O–H groups in total. The van der Waals surface area contributed by atoms with Crippen molar-refractivity contribution >= 4 is 23.4 Å². The first kappa shape index (κ1) is 30.5. The van der Waals surface area contributed by atoms with Crippen molar-refractivity contribution in [1.29, 1.82) is 5.26 Å². The summed E-state index contributed by atoms with van der Waals surface area (Å²) in [5.74, 6) is 1.00. The highest BCUT2D eigenvalue weighted by Gasteiger charge is 2.35. The Kier molecular flexibility index (Phi) is 9.26. The Labute approximate surface area is 259 Å². The van der Waals surface area contributed by atoms with E-state index in [0.717, 1.165) is 50.1 Å². The number of anilines is 3. The quantitative estimate of drug-likeness (QED) is 0.306. The maximum atomic E-state index is 14.9. The van der Waals surface area contributed by atoms with Gasteiger partial charge in [0.1, 0.15) is 30.1 Å². The van der Waals surface area contributed by atoms with Gasteiger partial charge in [0.15, 0.2) is 18.1 Å². The van der Waals surface area contributed by atoms with Crippen molar-refractivity contribution in [3.05, 3.63) is 48.4 Å². The number of piperazine rings is 1. The number of benzene rings is 1. The molecular weight excluding hydrogens is 585 g/mol. The highest BCUT2D eigenvalue weighted by molar-refractivity contribution is 5.81. The number of hydrogen-bond donors (Lipinski definition) is 3. The van der Waals surface area contributed by atoms with E-state index >= 15 is 0 Å². The summed E-state index contributed by atoms with van der Waals surface area (Å²) in [4.78, 5) is 35.6. The number of halogens is 1. The van der Waals surface area contributed by atoms with Crippen molar-refractivity contribution in [2.24, 2.45) is 0 Å². The molecule has 15 heteroatoms. The number of ether oxygens (including phenoxy) is 2. The largest absolute Gasteiger partial charge is 0.486 e. The fraction of sp³-hybridized carbons (Fsp3) is 0.467. The fourth-order valence-electron chi connectivity index (χ4n) is 5.55. The lowest BCUT2D eigenvalue weighted by Gasteiger charge is -2.42. The number of aromatic nitrogens is 4. The predicted molar refractivity (Wildman–Crippen MR) is 159 cm³/mol. The summed E-state index contributed by atoms with van der Waals surface area (Å²) < 4.78 is 26.1. The number of hydrogen-bond acceptors (Lipinski definition) is 13. The molecule has 2 aromatic heterocycles. The molecule has 0 unspecified atom stereocenters. The number of likely N-dealkylation sites (tertiary alicyclic amines) is 1. The number of nitrogens with one attached hydrogen (secondary N) is 1. The molecule has 1 amide bonds. The van der Waals surface area contributed by atoms with Gasteiger partial charge < -0.3 is 34.8 Å². The zero-order chi connectivity index (χ0) is 31.3. The lowest BCUT2D eigenvalue weighted by molar-refractivity contribution is -0.146. The number of nitrogens with zero attached hydrogens (tertiary/aromatic N) is 8. The molecule has 3 aliphatic rings. The number of alkyl halides is 1. The maximum absolute atomic E-state index is 14.9. The van der Waals surface area contributed by atoms with Crippen LogP contribution in [0.1, 0.15) is 12.0 Å². The minimum absolute atomic E-state index is 0.146. The topological polar surface area (TPSA) is 173 Å². The number of aliphatic hydroxyl groups excluding tert-OH is 2. The molecule has 14 nitrogen and oxygen atoms in total. The van der Waals surface area contributed by atoms with Crippen molar-refractivity contribution < 1.29 is 28.9 Å². The van der Waals surface area contributed by atoms with Crippen molar-refractivity contribution in [3.8, 4) is 23.2 Å². The Hall–Kier alpha value is -4.49. The lowest BCUT2D eigenvalue weighted by Crippen LogP contribution is -2.56. The molecule has 3 aliphatic heterocycles. The summed E-state index contributed by atoms with van der Waals surface area (Å²) in [6.07, 6.45) is -0.760. The minimum Gasteiger partial charge on any atom is -0.486 e. The molecular formula is C30H34FN9O5. The summed E-state index contributed by atoms with van der Waals surface area (Å²) in [6, 6.07) is 11.3. The number of rotatable bonds is 9. The average Bonchev–Trinajstić information content (AvgIpc) is 3.05. The van der Waals surface area contributed by atoms with Gasteiger partial charge in [0.05, 0.1) is 49.9 Å². The van der Waals surface area contributed by atoms with E-state index in [4.69, 9.17) is 14.6 Å². The van der Waals surface area contributed by atoms with Crippen LogP contribution in [0.2, 0.25) is 0 Å². The summed E-state index contributed by atoms with van der Waals surface area (Å²) in [6.45, 7) is 4.56. The molecule has 236 valence electrons. The Bertz CT molecular complexity index is 1530. The van der Waals surface area contributed by atoms with Gasteiger partial charge in [0, 0.05) is 44.7 Å². The Balaban J connectivity index is 1.07. The third kappa shape index (κ3) is 6.94. The molecule has 6 rings (SSSR count). The van der Waals surface area contributed by atoms with E-state index in [1.54, 1.807) is 24.4 Å². The number of aliphatic hydroxyl groups is 2. The second-order valence-electron chi connectivity index (χ2n) is 11.1. The van der Waals surface area contributed by atoms with Crippen LogP contribution in [0.25, 0.3) is 11.4 Å². The highest BCUT2D eigenvalue weighted by atomic mass is 19.1. The van der Waals surface area contributed by atoms with E-state index in [-0.39, 0.29) is 30.8 Å². The molecule has 0 bridgehead atoms. The van der Waals surface area contributed by atoms with Gasteiger partial charge in [-0.05, 0) is 30.3 Å². The van der Waals surface area contributed by atoms with Gasteiger partial charge in [0.2, 0.25) is 5.95 Å². The SMILES string of the molecule is N#Cc1cc(-c2ncnc(Nc3ccc(N4CCN(C5COC5)CC4)nc3)n2)ccc1O[C@H]1CCN(C(=O)[C@@H](O)CO)C[C@@H]1F. The normalized spacial score (nSPS) is 21.5. The summed E-state index contributed by atoms with van der Waals surface area (Å²) >= 11 is 0. The average molecular weight is 620 g/mol. The van der Waals surface area contributed by atoms with Gasteiger partial charge in [-0.2, -0.15) is 10.2 Å². The van der Waals surface area contributed by atoms with Crippen molar-refractivity contribution in [2.45, 2.75) is 30.8 Å². The number of pyridine rings is 1. The van der Waals surface area contributed by atoms with Gasteiger partial charge >= 0.3 is 0 Å². The number of nitriles is 1. The van der Waals surface area contributed by atoms with Crippen LogP contribution in [-0.2, 0) is 9.53 Å². The van der Waals surface area contributed by atoms with Crippen LogP contribution in [0.4, 0.5) is 21.8 Å². The Morgan fingerprint density at radius 3 is 2.64 bits per heavy atom. The Morgan fingerprint density at radius 1 is 1.16 bits per heavy atom. The third-order valence-electron chi connectivity index (χ3n) is 8.24. The standard InChI is InChI=1S/C30H34FN9O5/c31-23-14-40(29(43)24(42)15-41)6-5-26(23)45-25-3-1-19(11-20(25)12-32)28-34-18-35-30(37-28)36-21-2-4-27(33-13-21)39-9-7-38(8-10-39)22-16-44-17-22/h1-4,11,13,18,22-24,26,41-42H,5-10,14-17H2,(H,34,35,36,37)/t23-,24-,26-/m0/s1. The summed E-state index contributed by atoms with van der Waals surface area (Å²) in [5.41, 5.74) is 1.42. The van der Waals surface area contributed by atoms with Crippen LogP contribution in [0, 0.1) is 11.3 Å². The Morgan fingerprint density at radius 2 is 1.98 bits per heavy atom. The van der Waals surface area contributed by atoms with Gasteiger partial charge in [0.25, 0.3) is 5.91 Å². The first-order valence-corrected chi connectivity index (χ1v) is 14.8. The van der Waals surface area contributed by atoms with Gasteiger partial charge in [-0.25, -0.2) is 19.3 Å². The van der Waals surface area contributed by atoms with Crippen molar-refractivity contribution in [1.82, 2.24) is 29.7 Å². The van der Waals surface area contributed by atoms with Crippen molar-refractivity contribution in [2.75, 3.05) is 69.3 Å². The molecule has 5 heterocycles. The maximum Gasteiger partial charge on any atom is 0.253 e. The molecule has 1 aromatic carbocycles. The monoisotopic (exact) mass is 619 g/mol. The molecule has 3 saturated heterocycles. The van der Waals surface area contributed by atoms with E-state index < -0.39 is 30.9 Å². The van der Waals surface area contributed by atoms with Gasteiger partial charge in [-0.15, -0.1) is 0 Å². The molecule has 3 fully saturated rings. The van der Waals surface area contributed by atoms with Crippen LogP contribution in [0.15, 0.2) is 42.9 Å². The molecule has 3 aromatic rings. The van der Waals surface area contributed by atoms with Crippen molar-refractivity contribution in [3.63, 3.8) is 0 Å². The smallest absolute Gasteiger partial charge is 0.253 e. The molecule has 0 radical (unpaired) electrons. The minimum atomic E-state index is -1.58. The molecule has 45 heavy (non-hydrogen) atoms.